The first-order valence-corrected chi connectivity index (χ1v) is 7.05. The fraction of sp³-hybridized carbons (Fsp3) is 0.312. The Morgan fingerprint density at radius 1 is 1.32 bits per heavy atom. The fourth-order valence-electron chi connectivity index (χ4n) is 2.33. The van der Waals surface area contributed by atoms with Gasteiger partial charge in [-0.15, -0.1) is 0 Å². The van der Waals surface area contributed by atoms with Crippen LogP contribution in [0.1, 0.15) is 40.6 Å². The Kier molecular flexibility index (Phi) is 4.93. The number of carboxylic acids is 1. The molecule has 6 heteroatoms. The predicted molar refractivity (Wildman–Crippen MR) is 81.5 cm³/mol. The lowest BCUT2D eigenvalue weighted by Gasteiger charge is -2.18. The molecule has 1 aromatic heterocycles. The van der Waals surface area contributed by atoms with Gasteiger partial charge in [-0.05, 0) is 25.0 Å². The van der Waals surface area contributed by atoms with E-state index in [1.807, 2.05) is 37.3 Å². The van der Waals surface area contributed by atoms with Crippen LogP contribution < -0.4 is 5.32 Å². The van der Waals surface area contributed by atoms with Crippen LogP contribution in [0.3, 0.4) is 0 Å². The molecule has 0 radical (unpaired) electrons. The monoisotopic (exact) mass is 301 g/mol. The number of rotatable bonds is 6. The largest absolute Gasteiger partial charge is 0.481 e. The molecule has 1 amide bonds. The Balaban J connectivity index is 2.17. The van der Waals surface area contributed by atoms with Crippen molar-refractivity contribution in [1.82, 2.24) is 15.1 Å². The van der Waals surface area contributed by atoms with Crippen LogP contribution in [0.25, 0.3) is 0 Å². The van der Waals surface area contributed by atoms with E-state index in [0.717, 1.165) is 11.3 Å². The molecule has 6 nitrogen and oxygen atoms in total. The first-order valence-electron chi connectivity index (χ1n) is 7.05. The first-order chi connectivity index (χ1) is 10.5. The number of benzene rings is 1. The summed E-state index contributed by atoms with van der Waals surface area (Å²) in [7, 11) is 1.71. The van der Waals surface area contributed by atoms with Crippen LogP contribution >= 0.6 is 0 Å². The van der Waals surface area contributed by atoms with Gasteiger partial charge in [0.25, 0.3) is 5.91 Å². The molecule has 0 bridgehead atoms. The first kappa shape index (κ1) is 15.8. The molecule has 0 aliphatic carbocycles. The number of aliphatic carboxylic acids is 1. The molecule has 116 valence electrons. The molecule has 1 unspecified atom stereocenters. The second-order valence-corrected chi connectivity index (χ2v) is 5.16. The normalized spacial score (nSPS) is 11.9. The summed E-state index contributed by atoms with van der Waals surface area (Å²) in [4.78, 5) is 23.2. The van der Waals surface area contributed by atoms with Gasteiger partial charge in [0.1, 0.15) is 5.69 Å². The Bertz CT molecular complexity index is 665. The van der Waals surface area contributed by atoms with E-state index in [0.29, 0.717) is 12.1 Å². The van der Waals surface area contributed by atoms with Crippen LogP contribution in [-0.4, -0.2) is 26.8 Å². The molecule has 1 atom stereocenters. The minimum Gasteiger partial charge on any atom is -0.481 e. The van der Waals surface area contributed by atoms with Gasteiger partial charge in [-0.3, -0.25) is 14.3 Å². The van der Waals surface area contributed by atoms with E-state index in [9.17, 15) is 9.59 Å². The molecule has 0 aliphatic heterocycles. The number of nitrogens with zero attached hydrogens (tertiary/aromatic N) is 2. The van der Waals surface area contributed by atoms with Gasteiger partial charge < -0.3 is 10.4 Å². The zero-order valence-electron chi connectivity index (χ0n) is 12.6. The van der Waals surface area contributed by atoms with Crippen LogP contribution in [0.2, 0.25) is 0 Å². The SMILES string of the molecule is Cc1cc(C(=O)NC(CCC(=O)O)c2ccccc2)n(C)n1. The van der Waals surface area contributed by atoms with Crippen molar-refractivity contribution in [2.24, 2.45) is 7.05 Å². The number of nitrogens with one attached hydrogen (secondary N) is 1. The number of carboxylic acid groups (broad SMARTS) is 1. The lowest BCUT2D eigenvalue weighted by molar-refractivity contribution is -0.137. The van der Waals surface area contributed by atoms with E-state index in [4.69, 9.17) is 5.11 Å². The Morgan fingerprint density at radius 2 is 2.00 bits per heavy atom. The van der Waals surface area contributed by atoms with Crippen molar-refractivity contribution in [1.29, 1.82) is 0 Å². The third kappa shape index (κ3) is 3.94. The van der Waals surface area contributed by atoms with Gasteiger partial charge >= 0.3 is 5.97 Å². The van der Waals surface area contributed by atoms with Crippen molar-refractivity contribution in [3.8, 4) is 0 Å². The third-order valence-corrected chi connectivity index (χ3v) is 3.39. The zero-order valence-corrected chi connectivity index (χ0v) is 12.6. The molecule has 0 aliphatic rings. The number of carbonyl (C=O) groups is 2. The molecular weight excluding hydrogens is 282 g/mol. The molecule has 0 saturated heterocycles. The van der Waals surface area contributed by atoms with E-state index in [1.165, 1.54) is 4.68 Å². The average Bonchev–Trinajstić information content (AvgIpc) is 2.83. The van der Waals surface area contributed by atoms with Crippen LogP contribution in [-0.2, 0) is 11.8 Å². The maximum Gasteiger partial charge on any atom is 0.303 e. The van der Waals surface area contributed by atoms with Gasteiger partial charge in [-0.2, -0.15) is 5.10 Å². The third-order valence-electron chi connectivity index (χ3n) is 3.39. The highest BCUT2D eigenvalue weighted by atomic mass is 16.4. The van der Waals surface area contributed by atoms with Crippen molar-refractivity contribution in [3.05, 3.63) is 53.3 Å². The van der Waals surface area contributed by atoms with Crippen molar-refractivity contribution < 1.29 is 14.7 Å². The maximum absolute atomic E-state index is 12.4. The van der Waals surface area contributed by atoms with Crippen LogP contribution in [0, 0.1) is 6.92 Å². The van der Waals surface area contributed by atoms with E-state index in [2.05, 4.69) is 10.4 Å². The minimum absolute atomic E-state index is 0.00967. The summed E-state index contributed by atoms with van der Waals surface area (Å²) in [5.74, 6) is -1.14. The standard InChI is InChI=1S/C16H19N3O3/c1-11-10-14(19(2)18-11)16(22)17-13(8-9-15(20)21)12-6-4-3-5-7-12/h3-7,10,13H,8-9H2,1-2H3,(H,17,22)(H,20,21). The van der Waals surface area contributed by atoms with Crippen molar-refractivity contribution >= 4 is 11.9 Å². The fourth-order valence-corrected chi connectivity index (χ4v) is 2.33. The summed E-state index contributed by atoms with van der Waals surface area (Å²) in [5, 5.41) is 15.9. The summed E-state index contributed by atoms with van der Waals surface area (Å²) in [6, 6.07) is 10.7. The van der Waals surface area contributed by atoms with E-state index in [-0.39, 0.29) is 18.4 Å². The van der Waals surface area contributed by atoms with E-state index >= 15 is 0 Å². The Labute approximate surface area is 128 Å². The maximum atomic E-state index is 12.4. The zero-order chi connectivity index (χ0) is 16.1. The second kappa shape index (κ2) is 6.89. The molecule has 1 aromatic carbocycles. The minimum atomic E-state index is -0.883. The number of hydrogen-bond acceptors (Lipinski definition) is 3. The van der Waals surface area contributed by atoms with Gasteiger partial charge in [0.05, 0.1) is 11.7 Å². The number of aromatic nitrogens is 2. The Hall–Kier alpha value is -2.63. The summed E-state index contributed by atoms with van der Waals surface area (Å²) in [5.41, 5.74) is 2.10. The summed E-state index contributed by atoms with van der Waals surface area (Å²) >= 11 is 0. The lowest BCUT2D eigenvalue weighted by Crippen LogP contribution is -2.30. The van der Waals surface area contributed by atoms with Gasteiger partial charge in [-0.25, -0.2) is 0 Å². The van der Waals surface area contributed by atoms with Crippen LogP contribution in [0.5, 0.6) is 0 Å². The molecule has 2 N–H and O–H groups in total. The van der Waals surface area contributed by atoms with Gasteiger partial charge in [0.2, 0.25) is 0 Å². The molecule has 0 spiro atoms. The Morgan fingerprint density at radius 3 is 2.55 bits per heavy atom. The smallest absolute Gasteiger partial charge is 0.303 e. The highest BCUT2D eigenvalue weighted by Crippen LogP contribution is 2.19. The number of aryl methyl sites for hydroxylation is 2. The summed E-state index contributed by atoms with van der Waals surface area (Å²) in [6.07, 6.45) is 0.326. The predicted octanol–water partition coefficient (Wildman–Crippen LogP) is 2.06. The molecule has 2 aromatic rings. The topological polar surface area (TPSA) is 84.2 Å². The quantitative estimate of drug-likeness (QED) is 0.855. The van der Waals surface area contributed by atoms with Gasteiger partial charge in [0.15, 0.2) is 0 Å². The molecule has 2 rings (SSSR count). The van der Waals surface area contributed by atoms with Gasteiger partial charge in [-0.1, -0.05) is 30.3 Å². The molecule has 22 heavy (non-hydrogen) atoms. The lowest BCUT2D eigenvalue weighted by atomic mass is 10.0. The second-order valence-electron chi connectivity index (χ2n) is 5.16. The number of hydrogen-bond donors (Lipinski definition) is 2. The molecule has 1 heterocycles. The highest BCUT2D eigenvalue weighted by Gasteiger charge is 2.19. The van der Waals surface area contributed by atoms with Crippen molar-refractivity contribution in [2.75, 3.05) is 0 Å². The summed E-state index contributed by atoms with van der Waals surface area (Å²) < 4.78 is 1.52. The number of amides is 1. The number of carbonyl (C=O) groups excluding carboxylic acids is 1. The van der Waals surface area contributed by atoms with E-state index in [1.54, 1.807) is 13.1 Å². The van der Waals surface area contributed by atoms with Gasteiger partial charge in [0, 0.05) is 13.5 Å². The molecular formula is C16H19N3O3. The van der Waals surface area contributed by atoms with E-state index < -0.39 is 5.97 Å². The van der Waals surface area contributed by atoms with Crippen LogP contribution in [0.15, 0.2) is 36.4 Å². The molecule has 0 fully saturated rings. The van der Waals surface area contributed by atoms with Crippen molar-refractivity contribution in [2.45, 2.75) is 25.8 Å². The van der Waals surface area contributed by atoms with Crippen LogP contribution in [0.4, 0.5) is 0 Å². The highest BCUT2D eigenvalue weighted by molar-refractivity contribution is 5.93. The van der Waals surface area contributed by atoms with Crippen molar-refractivity contribution in [3.63, 3.8) is 0 Å². The molecule has 0 saturated carbocycles. The summed E-state index contributed by atoms with van der Waals surface area (Å²) in [6.45, 7) is 1.82. The average molecular weight is 301 g/mol.